The number of fused-ring (bicyclic) bond motifs is 6. The third-order valence-corrected chi connectivity index (χ3v) is 6.58. The van der Waals surface area contributed by atoms with Crippen molar-refractivity contribution in [3.8, 4) is 0 Å². The summed E-state index contributed by atoms with van der Waals surface area (Å²) in [7, 11) is 0. The van der Waals surface area contributed by atoms with Crippen molar-refractivity contribution >= 4 is 45.0 Å². The van der Waals surface area contributed by atoms with E-state index in [4.69, 9.17) is 0 Å². The number of amides is 3. The van der Waals surface area contributed by atoms with Crippen LogP contribution in [-0.2, 0) is 14.4 Å². The van der Waals surface area contributed by atoms with Gasteiger partial charge in [0.05, 0.1) is 27.1 Å². The van der Waals surface area contributed by atoms with Crippen molar-refractivity contribution in [1.29, 1.82) is 0 Å². The molecule has 0 unspecified atom stereocenters. The zero-order valence-corrected chi connectivity index (χ0v) is 15.0. The standard InChI is InChI=1S/C19H17N3O3S/c1-9-20-13-5-4-12(7-14(13)26-9)21-15(23)8-22-18(24)16-10-2-3-11(6-10)17(16)19(22)25/h2-5,7,10-11,16-17H,6,8H2,1H3,(H,21,23)/t10-,11+,16-,17+. The molecule has 0 spiro atoms. The van der Waals surface area contributed by atoms with Crippen LogP contribution in [0.15, 0.2) is 30.4 Å². The van der Waals surface area contributed by atoms with Crippen LogP contribution in [0.3, 0.4) is 0 Å². The summed E-state index contributed by atoms with van der Waals surface area (Å²) in [6, 6.07) is 5.50. The van der Waals surface area contributed by atoms with Crippen LogP contribution >= 0.6 is 11.3 Å². The second-order valence-electron chi connectivity index (χ2n) is 7.23. The van der Waals surface area contributed by atoms with E-state index in [1.165, 1.54) is 0 Å². The minimum atomic E-state index is -0.354. The number of nitrogens with zero attached hydrogens (tertiary/aromatic N) is 2. The largest absolute Gasteiger partial charge is 0.324 e. The molecule has 7 heteroatoms. The van der Waals surface area contributed by atoms with E-state index in [1.807, 2.05) is 31.2 Å². The first kappa shape index (κ1) is 15.7. The number of thiazole rings is 1. The quantitative estimate of drug-likeness (QED) is 0.667. The van der Waals surface area contributed by atoms with E-state index < -0.39 is 0 Å². The Morgan fingerprint density at radius 1 is 1.23 bits per heavy atom. The number of likely N-dealkylation sites (tertiary alicyclic amines) is 1. The molecule has 1 saturated heterocycles. The second-order valence-corrected chi connectivity index (χ2v) is 8.46. The van der Waals surface area contributed by atoms with Crippen LogP contribution in [0.25, 0.3) is 10.2 Å². The predicted molar refractivity (Wildman–Crippen MR) is 97.4 cm³/mol. The number of allylic oxidation sites excluding steroid dienone is 2. The van der Waals surface area contributed by atoms with Crippen molar-refractivity contribution in [2.24, 2.45) is 23.7 Å². The molecule has 1 saturated carbocycles. The van der Waals surface area contributed by atoms with Gasteiger partial charge in [-0.05, 0) is 43.4 Å². The molecule has 1 N–H and O–H groups in total. The molecular weight excluding hydrogens is 350 g/mol. The maximum atomic E-state index is 12.6. The normalized spacial score (nSPS) is 29.0. The zero-order valence-electron chi connectivity index (χ0n) is 14.1. The van der Waals surface area contributed by atoms with E-state index >= 15 is 0 Å². The number of hydrogen-bond donors (Lipinski definition) is 1. The van der Waals surface area contributed by atoms with Gasteiger partial charge in [0.15, 0.2) is 0 Å². The van der Waals surface area contributed by atoms with Crippen molar-refractivity contribution in [2.45, 2.75) is 13.3 Å². The molecule has 2 fully saturated rings. The molecule has 5 rings (SSSR count). The molecule has 3 aliphatic rings. The smallest absolute Gasteiger partial charge is 0.244 e. The highest BCUT2D eigenvalue weighted by Crippen LogP contribution is 2.52. The molecule has 2 aromatic rings. The maximum Gasteiger partial charge on any atom is 0.244 e. The molecule has 6 nitrogen and oxygen atoms in total. The van der Waals surface area contributed by atoms with Gasteiger partial charge in [-0.15, -0.1) is 11.3 Å². The van der Waals surface area contributed by atoms with Crippen LogP contribution in [-0.4, -0.2) is 34.2 Å². The fourth-order valence-corrected chi connectivity index (χ4v) is 5.45. The fraction of sp³-hybridized carbons (Fsp3) is 0.368. The summed E-state index contributed by atoms with van der Waals surface area (Å²) in [5.41, 5.74) is 1.54. The Labute approximate surface area is 153 Å². The minimum Gasteiger partial charge on any atom is -0.324 e. The summed E-state index contributed by atoms with van der Waals surface area (Å²) < 4.78 is 0.991. The van der Waals surface area contributed by atoms with Gasteiger partial charge >= 0.3 is 0 Å². The van der Waals surface area contributed by atoms with Gasteiger partial charge in [-0.3, -0.25) is 19.3 Å². The Morgan fingerprint density at radius 3 is 2.62 bits per heavy atom. The molecule has 1 aromatic heterocycles. The van der Waals surface area contributed by atoms with E-state index in [2.05, 4.69) is 10.3 Å². The van der Waals surface area contributed by atoms with Crippen LogP contribution in [0.2, 0.25) is 0 Å². The van der Waals surface area contributed by atoms with Crippen LogP contribution in [0, 0.1) is 30.6 Å². The number of aromatic nitrogens is 1. The Hall–Kier alpha value is -2.54. The van der Waals surface area contributed by atoms with E-state index in [0.717, 1.165) is 26.5 Å². The van der Waals surface area contributed by atoms with E-state index in [1.54, 1.807) is 17.4 Å². The van der Waals surface area contributed by atoms with E-state index in [-0.39, 0.29) is 47.9 Å². The SMILES string of the molecule is Cc1nc2ccc(NC(=O)CN3C(=O)[C@@H]4[C@H](C3=O)[C@@H]3C=C[C@H]4C3)cc2s1. The average molecular weight is 367 g/mol. The zero-order chi connectivity index (χ0) is 18.0. The lowest BCUT2D eigenvalue weighted by atomic mass is 9.85. The van der Waals surface area contributed by atoms with Gasteiger partial charge in [0.25, 0.3) is 0 Å². The van der Waals surface area contributed by atoms with Crippen molar-refractivity contribution in [1.82, 2.24) is 9.88 Å². The highest BCUT2D eigenvalue weighted by Gasteiger charge is 2.59. The number of hydrogen-bond acceptors (Lipinski definition) is 5. The van der Waals surface area contributed by atoms with E-state index in [9.17, 15) is 14.4 Å². The second kappa shape index (κ2) is 5.48. The lowest BCUT2D eigenvalue weighted by Crippen LogP contribution is -2.39. The first-order valence-electron chi connectivity index (χ1n) is 8.72. The summed E-state index contributed by atoms with van der Waals surface area (Å²) >= 11 is 1.56. The molecule has 1 aliphatic heterocycles. The predicted octanol–water partition coefficient (Wildman–Crippen LogP) is 2.35. The number of carbonyl (C=O) groups excluding carboxylic acids is 3. The number of nitrogens with one attached hydrogen (secondary N) is 1. The molecule has 2 heterocycles. The Balaban J connectivity index is 1.31. The topological polar surface area (TPSA) is 79.4 Å². The third-order valence-electron chi connectivity index (χ3n) is 5.64. The number of benzene rings is 1. The van der Waals surface area contributed by atoms with Crippen molar-refractivity contribution in [2.75, 3.05) is 11.9 Å². The molecule has 26 heavy (non-hydrogen) atoms. The lowest BCUT2D eigenvalue weighted by Gasteiger charge is -2.16. The Morgan fingerprint density at radius 2 is 1.92 bits per heavy atom. The Kier molecular flexibility index (Phi) is 3.31. The molecule has 2 aliphatic carbocycles. The summed E-state index contributed by atoms with van der Waals surface area (Å²) in [6.07, 6.45) is 4.99. The fourth-order valence-electron chi connectivity index (χ4n) is 4.58. The minimum absolute atomic E-state index is 0.159. The summed E-state index contributed by atoms with van der Waals surface area (Å²) in [4.78, 5) is 43.2. The molecule has 0 radical (unpaired) electrons. The molecule has 132 valence electrons. The summed E-state index contributed by atoms with van der Waals surface area (Å²) in [5, 5.41) is 3.76. The first-order valence-corrected chi connectivity index (χ1v) is 9.53. The molecule has 3 amide bonds. The Bertz CT molecular complexity index is 965. The lowest BCUT2D eigenvalue weighted by molar-refractivity contribution is -0.143. The highest BCUT2D eigenvalue weighted by molar-refractivity contribution is 7.18. The first-order chi connectivity index (χ1) is 12.5. The van der Waals surface area contributed by atoms with Gasteiger partial charge in [-0.2, -0.15) is 0 Å². The van der Waals surface area contributed by atoms with Gasteiger partial charge in [-0.1, -0.05) is 12.2 Å². The number of aryl methyl sites for hydroxylation is 1. The average Bonchev–Trinajstić information content (AvgIpc) is 3.34. The molecule has 1 aromatic carbocycles. The van der Waals surface area contributed by atoms with Crippen molar-refractivity contribution in [3.63, 3.8) is 0 Å². The summed E-state index contributed by atoms with van der Waals surface area (Å²) in [6.45, 7) is 1.72. The van der Waals surface area contributed by atoms with Crippen molar-refractivity contribution < 1.29 is 14.4 Å². The van der Waals surface area contributed by atoms with Crippen LogP contribution < -0.4 is 5.32 Å². The number of rotatable bonds is 3. The third kappa shape index (κ3) is 2.23. The van der Waals surface area contributed by atoms with Gasteiger partial charge in [0.2, 0.25) is 17.7 Å². The molecule has 4 atom stereocenters. The van der Waals surface area contributed by atoms with Gasteiger partial charge < -0.3 is 5.32 Å². The van der Waals surface area contributed by atoms with Crippen LogP contribution in [0.4, 0.5) is 5.69 Å². The van der Waals surface area contributed by atoms with Crippen molar-refractivity contribution in [3.05, 3.63) is 35.4 Å². The highest BCUT2D eigenvalue weighted by atomic mass is 32.1. The summed E-state index contributed by atoms with van der Waals surface area (Å²) in [5.74, 6) is -0.949. The number of imide groups is 1. The monoisotopic (exact) mass is 367 g/mol. The van der Waals surface area contributed by atoms with E-state index in [0.29, 0.717) is 5.69 Å². The number of anilines is 1. The number of carbonyl (C=O) groups is 3. The van der Waals surface area contributed by atoms with Gasteiger partial charge in [-0.25, -0.2) is 4.98 Å². The van der Waals surface area contributed by atoms with Gasteiger partial charge in [0.1, 0.15) is 6.54 Å². The van der Waals surface area contributed by atoms with Crippen LogP contribution in [0.5, 0.6) is 0 Å². The molecular formula is C19H17N3O3S. The molecule has 2 bridgehead atoms. The van der Waals surface area contributed by atoms with Gasteiger partial charge in [0, 0.05) is 5.69 Å². The maximum absolute atomic E-state index is 12.6. The van der Waals surface area contributed by atoms with Crippen LogP contribution in [0.1, 0.15) is 11.4 Å².